The molecule has 7 nitrogen and oxygen atoms in total. The Balaban J connectivity index is 2.36. The van der Waals surface area contributed by atoms with Gasteiger partial charge in [-0.3, -0.25) is 14.3 Å². The number of carboxylic acids is 1. The molecule has 2 N–H and O–H groups in total. The van der Waals surface area contributed by atoms with Gasteiger partial charge in [0.15, 0.2) is 0 Å². The van der Waals surface area contributed by atoms with E-state index in [4.69, 9.17) is 9.84 Å². The first-order valence-corrected chi connectivity index (χ1v) is 5.14. The first-order valence-electron chi connectivity index (χ1n) is 5.14. The van der Waals surface area contributed by atoms with Crippen LogP contribution in [0.2, 0.25) is 0 Å². The Morgan fingerprint density at radius 1 is 1.53 bits per heavy atom. The van der Waals surface area contributed by atoms with Gasteiger partial charge in [-0.15, -0.1) is 0 Å². The molecule has 92 valence electrons. The van der Waals surface area contributed by atoms with E-state index in [2.05, 4.69) is 0 Å². The van der Waals surface area contributed by atoms with Crippen molar-refractivity contribution in [1.29, 1.82) is 0 Å². The molecule has 0 unspecified atom stereocenters. The Hall–Kier alpha value is -1.89. The van der Waals surface area contributed by atoms with Gasteiger partial charge in [-0.05, 0) is 12.8 Å². The van der Waals surface area contributed by atoms with Crippen LogP contribution in [-0.4, -0.2) is 33.8 Å². The van der Waals surface area contributed by atoms with E-state index in [0.29, 0.717) is 12.8 Å². The van der Waals surface area contributed by atoms with Gasteiger partial charge in [0.1, 0.15) is 5.56 Å². The SMILES string of the molecule is COC1CC(n2cc(C(=O)O)c(=O)[nH]c2=O)C1. The van der Waals surface area contributed by atoms with Crippen LogP contribution in [0.15, 0.2) is 15.8 Å². The molecule has 0 saturated heterocycles. The molecule has 17 heavy (non-hydrogen) atoms. The van der Waals surface area contributed by atoms with Crippen molar-refractivity contribution in [2.75, 3.05) is 7.11 Å². The molecule has 7 heteroatoms. The van der Waals surface area contributed by atoms with Gasteiger partial charge in [-0.2, -0.15) is 0 Å². The minimum absolute atomic E-state index is 0.0899. The Morgan fingerprint density at radius 3 is 2.71 bits per heavy atom. The highest BCUT2D eigenvalue weighted by atomic mass is 16.5. The number of carbonyl (C=O) groups is 1. The fraction of sp³-hybridized carbons (Fsp3) is 0.500. The number of H-pyrrole nitrogens is 1. The quantitative estimate of drug-likeness (QED) is 0.747. The summed E-state index contributed by atoms with van der Waals surface area (Å²) in [6, 6.07) is -0.109. The number of carboxylic acid groups (broad SMARTS) is 1. The van der Waals surface area contributed by atoms with Crippen LogP contribution in [0.4, 0.5) is 0 Å². The van der Waals surface area contributed by atoms with Gasteiger partial charge in [0.2, 0.25) is 0 Å². The van der Waals surface area contributed by atoms with E-state index in [1.807, 2.05) is 4.98 Å². The number of hydrogen-bond acceptors (Lipinski definition) is 4. The molecule has 0 atom stereocenters. The van der Waals surface area contributed by atoms with Gasteiger partial charge < -0.3 is 9.84 Å². The summed E-state index contributed by atoms with van der Waals surface area (Å²) in [5.41, 5.74) is -1.88. The lowest BCUT2D eigenvalue weighted by Gasteiger charge is -2.35. The van der Waals surface area contributed by atoms with Crippen molar-refractivity contribution in [2.24, 2.45) is 0 Å². The normalized spacial score (nSPS) is 23.1. The topological polar surface area (TPSA) is 101 Å². The van der Waals surface area contributed by atoms with Crippen LogP contribution in [-0.2, 0) is 4.74 Å². The molecule has 1 aliphatic carbocycles. The van der Waals surface area contributed by atoms with Crippen LogP contribution in [0.1, 0.15) is 29.2 Å². The van der Waals surface area contributed by atoms with Gasteiger partial charge in [0.05, 0.1) is 6.10 Å². The van der Waals surface area contributed by atoms with Crippen LogP contribution in [0.3, 0.4) is 0 Å². The van der Waals surface area contributed by atoms with Gasteiger partial charge in [0, 0.05) is 19.3 Å². The second-order valence-corrected chi connectivity index (χ2v) is 4.00. The van der Waals surface area contributed by atoms with Crippen molar-refractivity contribution in [1.82, 2.24) is 9.55 Å². The standard InChI is InChI=1S/C10H12N2O5/c1-17-6-2-5(3-6)12-4-7(9(14)15)8(13)11-10(12)16/h4-6H,2-3H2,1H3,(H,14,15)(H,11,13,16). The van der Waals surface area contributed by atoms with Crippen molar-refractivity contribution in [3.63, 3.8) is 0 Å². The number of aromatic amines is 1. The van der Waals surface area contributed by atoms with Crippen LogP contribution >= 0.6 is 0 Å². The summed E-state index contributed by atoms with van der Waals surface area (Å²) in [5.74, 6) is -1.34. The van der Waals surface area contributed by atoms with Crippen LogP contribution < -0.4 is 11.2 Å². The van der Waals surface area contributed by atoms with Gasteiger partial charge in [-0.25, -0.2) is 9.59 Å². The van der Waals surface area contributed by atoms with E-state index in [0.717, 1.165) is 6.20 Å². The average Bonchev–Trinajstić information content (AvgIpc) is 2.18. The molecule has 0 aliphatic heterocycles. The number of aromatic nitrogens is 2. The zero-order valence-electron chi connectivity index (χ0n) is 9.17. The largest absolute Gasteiger partial charge is 0.477 e. The van der Waals surface area contributed by atoms with E-state index in [1.54, 1.807) is 7.11 Å². The van der Waals surface area contributed by atoms with Crippen molar-refractivity contribution in [3.8, 4) is 0 Å². The molecular weight excluding hydrogens is 228 g/mol. The van der Waals surface area contributed by atoms with Crippen LogP contribution in [0.5, 0.6) is 0 Å². The number of nitrogens with one attached hydrogen (secondary N) is 1. The molecule has 0 bridgehead atoms. The summed E-state index contributed by atoms with van der Waals surface area (Å²) >= 11 is 0. The summed E-state index contributed by atoms with van der Waals surface area (Å²) < 4.78 is 6.33. The lowest BCUT2D eigenvalue weighted by Crippen LogP contribution is -2.41. The van der Waals surface area contributed by atoms with Gasteiger partial charge in [0.25, 0.3) is 5.56 Å². The minimum Gasteiger partial charge on any atom is -0.477 e. The Morgan fingerprint density at radius 2 is 2.18 bits per heavy atom. The molecule has 0 amide bonds. The lowest BCUT2D eigenvalue weighted by atomic mass is 9.89. The third kappa shape index (κ3) is 2.01. The molecule has 1 aliphatic rings. The van der Waals surface area contributed by atoms with E-state index in [1.165, 1.54) is 4.57 Å². The zero-order chi connectivity index (χ0) is 12.6. The molecule has 1 heterocycles. The average molecular weight is 240 g/mol. The van der Waals surface area contributed by atoms with Gasteiger partial charge >= 0.3 is 11.7 Å². The molecule has 1 aromatic heterocycles. The number of nitrogens with zero attached hydrogens (tertiary/aromatic N) is 1. The summed E-state index contributed by atoms with van der Waals surface area (Å²) in [6.45, 7) is 0. The van der Waals surface area contributed by atoms with Crippen LogP contribution in [0, 0.1) is 0 Å². The molecule has 0 radical (unpaired) electrons. The van der Waals surface area contributed by atoms with Crippen molar-refractivity contribution in [2.45, 2.75) is 25.0 Å². The van der Waals surface area contributed by atoms with E-state index in [-0.39, 0.29) is 12.1 Å². The maximum atomic E-state index is 11.5. The number of ether oxygens (including phenoxy) is 1. The predicted octanol–water partition coefficient (Wildman–Crippen LogP) is -0.415. The van der Waals surface area contributed by atoms with Crippen molar-refractivity contribution in [3.05, 3.63) is 32.6 Å². The van der Waals surface area contributed by atoms with E-state index < -0.39 is 22.8 Å². The maximum absolute atomic E-state index is 11.5. The van der Waals surface area contributed by atoms with Crippen LogP contribution in [0.25, 0.3) is 0 Å². The number of methoxy groups -OCH3 is 1. The fourth-order valence-corrected chi connectivity index (χ4v) is 1.87. The molecular formula is C10H12N2O5. The summed E-state index contributed by atoms with van der Waals surface area (Å²) in [6.07, 6.45) is 2.47. The summed E-state index contributed by atoms with van der Waals surface area (Å²) in [5, 5.41) is 8.79. The molecule has 0 aromatic carbocycles. The molecule has 1 saturated carbocycles. The number of aromatic carboxylic acids is 1. The lowest BCUT2D eigenvalue weighted by molar-refractivity contribution is 0.00464. The highest BCUT2D eigenvalue weighted by molar-refractivity contribution is 5.86. The van der Waals surface area contributed by atoms with E-state index in [9.17, 15) is 14.4 Å². The fourth-order valence-electron chi connectivity index (χ4n) is 1.87. The third-order valence-electron chi connectivity index (χ3n) is 2.99. The Kier molecular flexibility index (Phi) is 2.84. The summed E-state index contributed by atoms with van der Waals surface area (Å²) in [7, 11) is 1.58. The molecule has 2 rings (SSSR count). The second-order valence-electron chi connectivity index (χ2n) is 4.00. The van der Waals surface area contributed by atoms with Gasteiger partial charge in [-0.1, -0.05) is 0 Å². The first-order chi connectivity index (χ1) is 8.02. The maximum Gasteiger partial charge on any atom is 0.342 e. The Labute approximate surface area is 95.7 Å². The molecule has 1 aromatic rings. The number of hydrogen-bond donors (Lipinski definition) is 2. The third-order valence-corrected chi connectivity index (χ3v) is 2.99. The summed E-state index contributed by atoms with van der Waals surface area (Å²) in [4.78, 5) is 35.5. The minimum atomic E-state index is -1.34. The van der Waals surface area contributed by atoms with E-state index >= 15 is 0 Å². The monoisotopic (exact) mass is 240 g/mol. The molecule has 1 fully saturated rings. The first kappa shape index (κ1) is 11.6. The smallest absolute Gasteiger partial charge is 0.342 e. The predicted molar refractivity (Wildman–Crippen MR) is 57.4 cm³/mol. The molecule has 0 spiro atoms. The van der Waals surface area contributed by atoms with Crippen molar-refractivity contribution >= 4 is 5.97 Å². The highest BCUT2D eigenvalue weighted by Crippen LogP contribution is 2.32. The van der Waals surface area contributed by atoms with Crippen molar-refractivity contribution < 1.29 is 14.6 Å². The second kappa shape index (κ2) is 4.17. The Bertz CT molecular complexity index is 553. The highest BCUT2D eigenvalue weighted by Gasteiger charge is 2.31. The zero-order valence-corrected chi connectivity index (χ0v) is 9.17. The number of rotatable bonds is 3.